The minimum Gasteiger partial charge on any atom is -0.463 e. The van der Waals surface area contributed by atoms with Crippen molar-refractivity contribution in [3.8, 4) is 17.1 Å². The first-order valence-electron chi connectivity index (χ1n) is 9.92. The number of halogens is 1. The van der Waals surface area contributed by atoms with Crippen LogP contribution in [0.2, 0.25) is 5.02 Å². The number of benzene rings is 2. The van der Waals surface area contributed by atoms with Crippen LogP contribution in [0.15, 0.2) is 88.7 Å². The van der Waals surface area contributed by atoms with Crippen LogP contribution in [0.3, 0.4) is 0 Å². The molecular weight excluding hydrogens is 412 g/mol. The molecule has 31 heavy (non-hydrogen) atoms. The van der Waals surface area contributed by atoms with Gasteiger partial charge in [-0.15, -0.1) is 0 Å². The number of hydrogen-bond donors (Lipinski definition) is 0. The van der Waals surface area contributed by atoms with Gasteiger partial charge in [0.1, 0.15) is 5.69 Å². The average molecular weight is 431 g/mol. The zero-order valence-electron chi connectivity index (χ0n) is 16.8. The second-order valence-corrected chi connectivity index (χ2v) is 7.76. The van der Waals surface area contributed by atoms with Crippen LogP contribution < -0.4 is 0 Å². The van der Waals surface area contributed by atoms with Gasteiger partial charge in [0.15, 0.2) is 5.76 Å². The highest BCUT2D eigenvalue weighted by Gasteiger charge is 2.35. The molecule has 1 aliphatic heterocycles. The van der Waals surface area contributed by atoms with E-state index in [0.29, 0.717) is 22.9 Å². The van der Waals surface area contributed by atoms with Gasteiger partial charge in [-0.2, -0.15) is 10.2 Å². The Morgan fingerprint density at radius 3 is 2.52 bits per heavy atom. The molecule has 1 aliphatic rings. The molecule has 6 nitrogen and oxygen atoms in total. The van der Waals surface area contributed by atoms with Crippen molar-refractivity contribution in [1.29, 1.82) is 0 Å². The maximum Gasteiger partial charge on any atom is 0.240 e. The summed E-state index contributed by atoms with van der Waals surface area (Å²) in [6, 6.07) is 20.7. The number of carbonyl (C=O) groups is 1. The molecule has 3 heterocycles. The number of furan rings is 1. The van der Waals surface area contributed by atoms with Crippen molar-refractivity contribution >= 4 is 23.2 Å². The number of hydrogen-bond acceptors (Lipinski definition) is 4. The van der Waals surface area contributed by atoms with Gasteiger partial charge in [0.2, 0.25) is 5.91 Å². The van der Waals surface area contributed by atoms with Crippen molar-refractivity contribution in [3.05, 3.63) is 95.3 Å². The molecule has 1 atom stereocenters. The molecule has 0 saturated carbocycles. The van der Waals surface area contributed by atoms with E-state index in [9.17, 15) is 4.79 Å². The van der Waals surface area contributed by atoms with E-state index in [-0.39, 0.29) is 11.9 Å². The summed E-state index contributed by atoms with van der Waals surface area (Å²) < 4.78 is 7.47. The zero-order valence-corrected chi connectivity index (χ0v) is 17.5. The highest BCUT2D eigenvalue weighted by atomic mass is 35.5. The lowest BCUT2D eigenvalue weighted by atomic mass is 9.98. The van der Waals surface area contributed by atoms with Gasteiger partial charge >= 0.3 is 0 Å². The third-order valence-electron chi connectivity index (χ3n) is 5.29. The normalized spacial score (nSPS) is 15.9. The van der Waals surface area contributed by atoms with Crippen molar-refractivity contribution in [2.75, 3.05) is 0 Å². The van der Waals surface area contributed by atoms with Crippen molar-refractivity contribution in [2.45, 2.75) is 19.4 Å². The van der Waals surface area contributed by atoms with E-state index in [2.05, 4.69) is 5.10 Å². The number of para-hydroxylation sites is 1. The van der Waals surface area contributed by atoms with E-state index in [1.807, 2.05) is 77.6 Å². The first-order chi connectivity index (χ1) is 15.1. The topological polar surface area (TPSA) is 63.6 Å². The fourth-order valence-electron chi connectivity index (χ4n) is 3.81. The third-order valence-corrected chi connectivity index (χ3v) is 5.54. The number of rotatable bonds is 4. The second-order valence-electron chi connectivity index (χ2n) is 7.33. The summed E-state index contributed by atoms with van der Waals surface area (Å²) in [6.07, 6.45) is 4.14. The van der Waals surface area contributed by atoms with Crippen molar-refractivity contribution < 1.29 is 9.21 Å². The summed E-state index contributed by atoms with van der Waals surface area (Å²) in [6.45, 7) is 1.52. The summed E-state index contributed by atoms with van der Waals surface area (Å²) in [5, 5.41) is 11.6. The van der Waals surface area contributed by atoms with Crippen molar-refractivity contribution in [2.24, 2.45) is 5.10 Å². The second kappa shape index (κ2) is 7.89. The lowest BCUT2D eigenvalue weighted by Crippen LogP contribution is -2.24. The number of nitrogens with zero attached hydrogens (tertiary/aromatic N) is 4. The molecule has 0 saturated heterocycles. The smallest absolute Gasteiger partial charge is 0.240 e. The van der Waals surface area contributed by atoms with Gasteiger partial charge in [0, 0.05) is 30.1 Å². The number of amides is 1. The molecule has 0 N–H and O–H groups in total. The van der Waals surface area contributed by atoms with Crippen LogP contribution in [0.4, 0.5) is 0 Å². The van der Waals surface area contributed by atoms with Crippen LogP contribution in [0, 0.1) is 0 Å². The fourth-order valence-corrected chi connectivity index (χ4v) is 3.93. The number of aromatic nitrogens is 2. The fraction of sp³-hybridized carbons (Fsp3) is 0.125. The number of carbonyl (C=O) groups excluding carboxylic acids is 1. The third kappa shape index (κ3) is 3.66. The van der Waals surface area contributed by atoms with E-state index in [0.717, 1.165) is 22.5 Å². The Kier molecular flexibility index (Phi) is 4.92. The Balaban J connectivity index is 1.59. The average Bonchev–Trinajstić information content (AvgIpc) is 3.53. The van der Waals surface area contributed by atoms with Gasteiger partial charge < -0.3 is 4.42 Å². The van der Waals surface area contributed by atoms with Gasteiger partial charge in [-0.25, -0.2) is 9.69 Å². The molecule has 0 aliphatic carbocycles. The Morgan fingerprint density at radius 2 is 1.84 bits per heavy atom. The molecule has 5 rings (SSSR count). The van der Waals surface area contributed by atoms with Crippen LogP contribution in [0.5, 0.6) is 0 Å². The van der Waals surface area contributed by atoms with Crippen LogP contribution >= 0.6 is 11.6 Å². The van der Waals surface area contributed by atoms with Gasteiger partial charge in [0.05, 0.1) is 23.7 Å². The first kappa shape index (κ1) is 19.3. The monoisotopic (exact) mass is 430 g/mol. The minimum absolute atomic E-state index is 0.133. The predicted octanol–water partition coefficient (Wildman–Crippen LogP) is 5.48. The van der Waals surface area contributed by atoms with E-state index in [1.54, 1.807) is 6.26 Å². The van der Waals surface area contributed by atoms with Crippen molar-refractivity contribution in [1.82, 2.24) is 14.8 Å². The molecule has 0 spiro atoms. The number of hydrazone groups is 1. The molecule has 7 heteroatoms. The van der Waals surface area contributed by atoms with Gasteiger partial charge in [-0.3, -0.25) is 4.79 Å². The first-order valence-corrected chi connectivity index (χ1v) is 10.3. The Bertz CT molecular complexity index is 1240. The highest BCUT2D eigenvalue weighted by molar-refractivity contribution is 6.30. The Morgan fingerprint density at radius 1 is 1.06 bits per heavy atom. The molecule has 0 fully saturated rings. The summed E-state index contributed by atoms with van der Waals surface area (Å²) in [7, 11) is 0. The van der Waals surface area contributed by atoms with E-state index >= 15 is 0 Å². The molecule has 4 aromatic rings. The van der Waals surface area contributed by atoms with Crippen LogP contribution in [-0.2, 0) is 4.79 Å². The molecule has 2 aromatic heterocycles. The largest absolute Gasteiger partial charge is 0.463 e. The van der Waals surface area contributed by atoms with Gasteiger partial charge in [-0.1, -0.05) is 41.9 Å². The van der Waals surface area contributed by atoms with Gasteiger partial charge in [0.25, 0.3) is 0 Å². The summed E-state index contributed by atoms with van der Waals surface area (Å²) in [4.78, 5) is 12.5. The lowest BCUT2D eigenvalue weighted by Gasteiger charge is -2.19. The molecule has 154 valence electrons. The van der Waals surface area contributed by atoms with Crippen LogP contribution in [0.1, 0.15) is 30.5 Å². The van der Waals surface area contributed by atoms with E-state index in [1.165, 1.54) is 11.9 Å². The van der Waals surface area contributed by atoms with E-state index < -0.39 is 0 Å². The lowest BCUT2D eigenvalue weighted by molar-refractivity contribution is -0.130. The SMILES string of the molecule is CC(=O)N1N=C(c2ccc(Cl)cc2)C[C@H]1c1cn(-c2ccccc2)nc1-c1ccco1. The van der Waals surface area contributed by atoms with E-state index in [4.69, 9.17) is 21.1 Å². The molecule has 2 aromatic carbocycles. The zero-order chi connectivity index (χ0) is 21.4. The predicted molar refractivity (Wildman–Crippen MR) is 119 cm³/mol. The maximum atomic E-state index is 12.5. The van der Waals surface area contributed by atoms with Crippen molar-refractivity contribution in [3.63, 3.8) is 0 Å². The van der Waals surface area contributed by atoms with Crippen LogP contribution in [-0.4, -0.2) is 26.4 Å². The molecule has 0 bridgehead atoms. The summed E-state index contributed by atoms with van der Waals surface area (Å²) in [5.74, 6) is 0.514. The van der Waals surface area contributed by atoms with Crippen LogP contribution in [0.25, 0.3) is 17.1 Å². The maximum absolute atomic E-state index is 12.5. The minimum atomic E-state index is -0.291. The molecular formula is C24H19ClN4O2. The Hall–Kier alpha value is -3.64. The standard InChI is InChI=1S/C24H19ClN4O2/c1-16(30)29-22(14-21(26-29)17-9-11-18(25)12-10-17)20-15-28(19-6-3-2-4-7-19)27-24(20)23-8-5-13-31-23/h2-13,15,22H,14H2,1H3/t22-/m0/s1. The molecule has 0 radical (unpaired) electrons. The quantitative estimate of drug-likeness (QED) is 0.430. The molecule has 0 unspecified atom stereocenters. The Labute approximate surface area is 184 Å². The van der Waals surface area contributed by atoms with Gasteiger partial charge in [-0.05, 0) is 42.0 Å². The molecule has 1 amide bonds. The summed E-state index contributed by atoms with van der Waals surface area (Å²) in [5.41, 5.74) is 4.26. The highest BCUT2D eigenvalue weighted by Crippen LogP contribution is 2.38. The summed E-state index contributed by atoms with van der Waals surface area (Å²) >= 11 is 6.04.